The first-order chi connectivity index (χ1) is 8.84. The number of hydrogen-bond acceptors (Lipinski definition) is 1. The van der Waals surface area contributed by atoms with Crippen molar-refractivity contribution in [2.24, 2.45) is 0 Å². The smallest absolute Gasteiger partial charge is 0.131 e. The molecule has 0 spiro atoms. The molecule has 0 heterocycles. The fourth-order valence-corrected chi connectivity index (χ4v) is 1.36. The number of phenolic OH excluding ortho intramolecular Hbond substituents is 1. The first kappa shape index (κ1) is 6.13. The molecular weight excluding hydrogens is 215 g/mol. The molecule has 0 aliphatic heterocycles. The highest BCUT2D eigenvalue weighted by atomic mass is 35.5. The molecule has 76 valence electrons. The molecule has 0 saturated carbocycles. The van der Waals surface area contributed by atoms with Crippen LogP contribution in [0, 0.1) is 5.82 Å². The second kappa shape index (κ2) is 3.91. The van der Waals surface area contributed by atoms with Gasteiger partial charge in [-0.2, -0.15) is 0 Å². The van der Waals surface area contributed by atoms with Gasteiger partial charge in [0.2, 0.25) is 0 Å². The molecule has 1 nitrogen and oxygen atoms in total. The van der Waals surface area contributed by atoms with E-state index in [2.05, 4.69) is 0 Å². The Kier molecular flexibility index (Phi) is 1.60. The number of aromatic hydroxyl groups is 1. The second-order valence-corrected chi connectivity index (χ2v) is 3.29. The third-order valence-electron chi connectivity index (χ3n) is 1.87. The Labute approximate surface area is 97.4 Å². The third kappa shape index (κ3) is 1.95. The summed E-state index contributed by atoms with van der Waals surface area (Å²) in [6.45, 7) is 0. The monoisotopic (exact) mass is 226 g/mol. The van der Waals surface area contributed by atoms with Gasteiger partial charge in [-0.05, 0) is 24.2 Å². The van der Waals surface area contributed by atoms with Crippen molar-refractivity contribution in [1.29, 1.82) is 0 Å². The summed E-state index contributed by atoms with van der Waals surface area (Å²) in [7, 11) is 0. The number of halogens is 2. The molecule has 2 aromatic carbocycles. The molecule has 0 bridgehead atoms. The second-order valence-electron chi connectivity index (χ2n) is 2.85. The van der Waals surface area contributed by atoms with Gasteiger partial charge in [0.15, 0.2) is 0 Å². The van der Waals surface area contributed by atoms with E-state index < -0.39 is 35.6 Å². The first-order valence-electron chi connectivity index (χ1n) is 6.09. The van der Waals surface area contributed by atoms with E-state index in [4.69, 9.17) is 17.1 Å². The normalized spacial score (nSPS) is 14.0. The Morgan fingerprint density at radius 2 is 1.93 bits per heavy atom. The van der Waals surface area contributed by atoms with Crippen LogP contribution in [0.2, 0.25) is 5.02 Å². The predicted molar refractivity (Wildman–Crippen MR) is 58.5 cm³/mol. The van der Waals surface area contributed by atoms with Crippen LogP contribution >= 0.6 is 11.6 Å². The van der Waals surface area contributed by atoms with Gasteiger partial charge >= 0.3 is 0 Å². The maximum Gasteiger partial charge on any atom is 0.131 e. The summed E-state index contributed by atoms with van der Waals surface area (Å²) >= 11 is 5.76. The van der Waals surface area contributed by atoms with Gasteiger partial charge < -0.3 is 5.11 Å². The highest BCUT2D eigenvalue weighted by Crippen LogP contribution is 2.32. The minimum absolute atomic E-state index is 0.0722. The van der Waals surface area contributed by atoms with E-state index in [9.17, 15) is 9.50 Å². The van der Waals surface area contributed by atoms with Crippen LogP contribution in [0.25, 0.3) is 11.1 Å². The quantitative estimate of drug-likeness (QED) is 0.783. The average molecular weight is 227 g/mol. The van der Waals surface area contributed by atoms with Gasteiger partial charge in [0.1, 0.15) is 11.6 Å². The van der Waals surface area contributed by atoms with Gasteiger partial charge in [-0.15, -0.1) is 0 Å². The van der Waals surface area contributed by atoms with Crippen molar-refractivity contribution in [1.82, 2.24) is 0 Å². The average Bonchev–Trinajstić information content (AvgIpc) is 2.38. The van der Waals surface area contributed by atoms with Crippen LogP contribution in [0.1, 0.15) is 5.48 Å². The van der Waals surface area contributed by atoms with Gasteiger partial charge in [-0.3, -0.25) is 0 Å². The first-order valence-corrected chi connectivity index (χ1v) is 4.47. The van der Waals surface area contributed by atoms with E-state index >= 15 is 0 Å². The fraction of sp³-hybridized carbons (Fsp3) is 0. The van der Waals surface area contributed by atoms with Gasteiger partial charge in [0, 0.05) is 16.1 Å². The van der Waals surface area contributed by atoms with Crippen molar-refractivity contribution in [3.63, 3.8) is 0 Å². The van der Waals surface area contributed by atoms with E-state index in [0.717, 1.165) is 0 Å². The van der Waals surface area contributed by atoms with E-state index in [1.807, 2.05) is 0 Å². The molecule has 0 atom stereocenters. The maximum atomic E-state index is 14.0. The lowest BCUT2D eigenvalue weighted by atomic mass is 10.0. The SMILES string of the molecule is [2H]c1c([2H])c([2H])c(-c2cc(Cl)ccc2O)c(F)c1[2H]. The number of rotatable bonds is 1. The Bertz CT molecular complexity index is 646. The Morgan fingerprint density at radius 3 is 2.73 bits per heavy atom. The molecule has 15 heavy (non-hydrogen) atoms. The van der Waals surface area contributed by atoms with Crippen LogP contribution in [-0.4, -0.2) is 5.11 Å². The third-order valence-corrected chi connectivity index (χ3v) is 2.10. The van der Waals surface area contributed by atoms with E-state index in [-0.39, 0.29) is 16.3 Å². The Morgan fingerprint density at radius 1 is 1.20 bits per heavy atom. The molecule has 3 heteroatoms. The summed E-state index contributed by atoms with van der Waals surface area (Å²) in [6.07, 6.45) is 0. The molecule has 1 N–H and O–H groups in total. The zero-order valence-corrected chi connectivity index (χ0v) is 8.19. The van der Waals surface area contributed by atoms with Gasteiger partial charge in [-0.1, -0.05) is 29.7 Å². The van der Waals surface area contributed by atoms with E-state index in [1.54, 1.807) is 0 Å². The summed E-state index contributed by atoms with van der Waals surface area (Å²) in [5.74, 6) is -1.43. The molecule has 0 aliphatic rings. The molecule has 0 radical (unpaired) electrons. The van der Waals surface area contributed by atoms with Crippen molar-refractivity contribution in [2.75, 3.05) is 0 Å². The van der Waals surface area contributed by atoms with Crippen LogP contribution in [0.5, 0.6) is 5.75 Å². The van der Waals surface area contributed by atoms with Crippen molar-refractivity contribution in [3.05, 3.63) is 53.2 Å². The lowest BCUT2D eigenvalue weighted by molar-refractivity contribution is 0.476. The molecule has 0 amide bonds. The zero-order valence-electron chi connectivity index (χ0n) is 11.4. The topological polar surface area (TPSA) is 20.2 Å². The Balaban J connectivity index is 2.87. The number of benzene rings is 2. The van der Waals surface area contributed by atoms with E-state index in [0.29, 0.717) is 0 Å². The largest absolute Gasteiger partial charge is 0.507 e. The minimum atomic E-state index is -1.12. The predicted octanol–water partition coefficient (Wildman–Crippen LogP) is 3.85. The molecule has 0 aliphatic carbocycles. The molecule has 0 aromatic heterocycles. The minimum Gasteiger partial charge on any atom is -0.507 e. The lowest BCUT2D eigenvalue weighted by Gasteiger charge is -2.06. The summed E-state index contributed by atoms with van der Waals surface area (Å²) in [6, 6.07) is 1.30. The highest BCUT2D eigenvalue weighted by Gasteiger charge is 2.08. The van der Waals surface area contributed by atoms with Crippen molar-refractivity contribution in [3.8, 4) is 16.9 Å². The summed E-state index contributed by atoms with van der Waals surface area (Å²) < 4.78 is 44.0. The number of phenols is 1. The summed E-state index contributed by atoms with van der Waals surface area (Å²) in [5, 5.41) is 9.93. The number of hydrogen-bond donors (Lipinski definition) is 1. The zero-order chi connectivity index (χ0) is 14.3. The Hall–Kier alpha value is -1.54. The summed E-state index contributed by atoms with van der Waals surface area (Å²) in [5.41, 5.74) is -0.469. The van der Waals surface area contributed by atoms with Crippen LogP contribution in [-0.2, 0) is 0 Å². The highest BCUT2D eigenvalue weighted by molar-refractivity contribution is 6.31. The molecular formula is C12H8ClFO. The van der Waals surface area contributed by atoms with Gasteiger partial charge in [0.05, 0.1) is 5.48 Å². The van der Waals surface area contributed by atoms with Crippen molar-refractivity contribution < 1.29 is 15.0 Å². The van der Waals surface area contributed by atoms with E-state index in [1.165, 1.54) is 18.2 Å². The molecule has 0 fully saturated rings. The van der Waals surface area contributed by atoms with Crippen LogP contribution in [0.15, 0.2) is 42.4 Å². The molecule has 2 rings (SSSR count). The van der Waals surface area contributed by atoms with Crippen molar-refractivity contribution >= 4 is 11.6 Å². The van der Waals surface area contributed by atoms with Gasteiger partial charge in [-0.25, -0.2) is 4.39 Å². The maximum absolute atomic E-state index is 14.0. The van der Waals surface area contributed by atoms with Crippen LogP contribution < -0.4 is 0 Å². The lowest BCUT2D eigenvalue weighted by Crippen LogP contribution is -1.84. The molecule has 0 unspecified atom stereocenters. The van der Waals surface area contributed by atoms with Crippen LogP contribution in [0.4, 0.5) is 4.39 Å². The fourth-order valence-electron chi connectivity index (χ4n) is 1.19. The molecule has 0 saturated heterocycles. The van der Waals surface area contributed by atoms with Gasteiger partial charge in [0.25, 0.3) is 0 Å². The summed E-state index contributed by atoms with van der Waals surface area (Å²) in [4.78, 5) is 0. The van der Waals surface area contributed by atoms with Crippen LogP contribution in [0.3, 0.4) is 0 Å². The van der Waals surface area contributed by atoms with Crippen molar-refractivity contribution in [2.45, 2.75) is 0 Å². The molecule has 2 aromatic rings. The standard InChI is InChI=1S/C12H8ClFO/c13-8-5-6-12(15)10(7-8)9-3-1-2-4-11(9)14/h1-7,15H/i1D,2D,3D,4D.